The Morgan fingerprint density at radius 3 is 3.00 bits per heavy atom. The van der Waals surface area contributed by atoms with Crippen LogP contribution in [0.25, 0.3) is 0 Å². The number of carbonyl (C=O) groups is 1. The number of amides is 1. The molecule has 1 unspecified atom stereocenters. The smallest absolute Gasteiger partial charge is 0.274 e. The molecule has 0 spiro atoms. The maximum absolute atomic E-state index is 12.2. The van der Waals surface area contributed by atoms with Gasteiger partial charge in [-0.25, -0.2) is 4.98 Å². The van der Waals surface area contributed by atoms with Crippen LogP contribution in [0.2, 0.25) is 0 Å². The molecule has 1 aromatic heterocycles. The molecule has 8 nitrogen and oxygen atoms in total. The lowest BCUT2D eigenvalue weighted by Gasteiger charge is -2.31. The normalized spacial score (nSPS) is 20.4. The molecule has 1 amide bonds. The van der Waals surface area contributed by atoms with Crippen LogP contribution in [-0.4, -0.2) is 57.6 Å². The summed E-state index contributed by atoms with van der Waals surface area (Å²) >= 11 is 0. The fraction of sp³-hybridized carbons (Fsp3) is 0.455. The molecule has 1 aliphatic rings. The summed E-state index contributed by atoms with van der Waals surface area (Å²) in [4.78, 5) is 21.8. The lowest BCUT2D eigenvalue weighted by molar-refractivity contribution is 0.00645. The summed E-state index contributed by atoms with van der Waals surface area (Å²) in [5.41, 5.74) is 6.49. The molecule has 19 heavy (non-hydrogen) atoms. The zero-order chi connectivity index (χ0) is 13.8. The molecule has 2 rings (SSSR count). The van der Waals surface area contributed by atoms with Crippen molar-refractivity contribution in [1.82, 2.24) is 14.9 Å². The van der Waals surface area contributed by atoms with Gasteiger partial charge < -0.3 is 20.6 Å². The highest BCUT2D eigenvalue weighted by Gasteiger charge is 2.28. The van der Waals surface area contributed by atoms with Gasteiger partial charge in [-0.3, -0.25) is 9.78 Å². The Hall–Kier alpha value is -2.22. The molecule has 1 saturated heterocycles. The first-order valence-electron chi connectivity index (χ1n) is 5.78. The van der Waals surface area contributed by atoms with Crippen LogP contribution in [0, 0.1) is 6.92 Å². The molecular weight excluding hydrogens is 250 g/mol. The van der Waals surface area contributed by atoms with Crippen molar-refractivity contribution in [2.75, 3.05) is 19.7 Å². The topological polar surface area (TPSA) is 114 Å². The monoisotopic (exact) mass is 265 g/mol. The van der Waals surface area contributed by atoms with E-state index in [-0.39, 0.29) is 24.0 Å². The third kappa shape index (κ3) is 2.97. The van der Waals surface area contributed by atoms with E-state index in [4.69, 9.17) is 15.7 Å². The number of rotatable bonds is 2. The van der Waals surface area contributed by atoms with Crippen LogP contribution < -0.4 is 5.73 Å². The van der Waals surface area contributed by atoms with Gasteiger partial charge in [0.1, 0.15) is 11.8 Å². The second-order valence-electron chi connectivity index (χ2n) is 4.18. The maximum atomic E-state index is 12.2. The molecule has 102 valence electrons. The Balaban J connectivity index is 2.09. The summed E-state index contributed by atoms with van der Waals surface area (Å²) in [6.45, 7) is 2.78. The molecule has 2 heterocycles. The number of oxime groups is 1. The second-order valence-corrected chi connectivity index (χ2v) is 4.18. The molecular formula is C11H15N5O3. The SMILES string of the molecule is Cc1cnc(C(=O)N2CCOC(C(N)=NO)C2)cn1. The number of nitrogens with zero attached hydrogens (tertiary/aromatic N) is 4. The quantitative estimate of drug-likeness (QED) is 0.318. The van der Waals surface area contributed by atoms with Crippen molar-refractivity contribution in [2.24, 2.45) is 10.9 Å². The Morgan fingerprint density at radius 2 is 2.37 bits per heavy atom. The number of aromatic nitrogens is 2. The number of nitrogens with two attached hydrogens (primary N) is 1. The summed E-state index contributed by atoms with van der Waals surface area (Å²) in [5.74, 6) is -0.293. The largest absolute Gasteiger partial charge is 0.409 e. The minimum atomic E-state index is -0.596. The first-order valence-corrected chi connectivity index (χ1v) is 5.78. The molecule has 1 atom stereocenters. The van der Waals surface area contributed by atoms with E-state index in [1.54, 1.807) is 11.8 Å². The number of amidine groups is 1. The summed E-state index contributed by atoms with van der Waals surface area (Å²) in [6, 6.07) is 0. The van der Waals surface area contributed by atoms with Crippen LogP contribution in [-0.2, 0) is 4.74 Å². The minimum absolute atomic E-state index is 0.0486. The molecule has 0 aliphatic carbocycles. The van der Waals surface area contributed by atoms with Crippen LogP contribution >= 0.6 is 0 Å². The molecule has 0 aromatic carbocycles. The molecule has 3 N–H and O–H groups in total. The van der Waals surface area contributed by atoms with E-state index >= 15 is 0 Å². The van der Waals surface area contributed by atoms with Gasteiger partial charge in [0, 0.05) is 12.7 Å². The number of aryl methyl sites for hydroxylation is 1. The third-order valence-corrected chi connectivity index (χ3v) is 2.80. The van der Waals surface area contributed by atoms with Crippen molar-refractivity contribution in [3.8, 4) is 0 Å². The Morgan fingerprint density at radius 1 is 1.58 bits per heavy atom. The number of morpholine rings is 1. The summed E-state index contributed by atoms with van der Waals surface area (Å²) in [5, 5.41) is 11.5. The van der Waals surface area contributed by atoms with E-state index in [1.165, 1.54) is 12.4 Å². The van der Waals surface area contributed by atoms with Crippen molar-refractivity contribution >= 4 is 11.7 Å². The van der Waals surface area contributed by atoms with Crippen LogP contribution in [0.15, 0.2) is 17.5 Å². The predicted molar refractivity (Wildman–Crippen MR) is 65.8 cm³/mol. The van der Waals surface area contributed by atoms with E-state index in [0.29, 0.717) is 13.2 Å². The van der Waals surface area contributed by atoms with Crippen molar-refractivity contribution in [3.05, 3.63) is 23.8 Å². The number of ether oxygens (including phenoxy) is 1. The second kappa shape index (κ2) is 5.61. The highest BCUT2D eigenvalue weighted by molar-refractivity contribution is 5.93. The molecule has 1 fully saturated rings. The Bertz CT molecular complexity index is 488. The van der Waals surface area contributed by atoms with Crippen molar-refractivity contribution < 1.29 is 14.7 Å². The van der Waals surface area contributed by atoms with Gasteiger partial charge >= 0.3 is 0 Å². The fourth-order valence-electron chi connectivity index (χ4n) is 1.74. The van der Waals surface area contributed by atoms with Gasteiger partial charge in [0.05, 0.1) is 25.0 Å². The van der Waals surface area contributed by atoms with E-state index in [9.17, 15) is 4.79 Å². The molecule has 0 saturated carbocycles. The molecule has 0 bridgehead atoms. The Kier molecular flexibility index (Phi) is 3.91. The van der Waals surface area contributed by atoms with Gasteiger partial charge in [0.25, 0.3) is 5.91 Å². The molecule has 1 aromatic rings. The summed E-state index contributed by atoms with van der Waals surface area (Å²) < 4.78 is 5.32. The summed E-state index contributed by atoms with van der Waals surface area (Å²) in [6.07, 6.45) is 2.38. The molecule has 1 aliphatic heterocycles. The number of hydrogen-bond acceptors (Lipinski definition) is 6. The maximum Gasteiger partial charge on any atom is 0.274 e. The van der Waals surface area contributed by atoms with Crippen molar-refractivity contribution in [2.45, 2.75) is 13.0 Å². The van der Waals surface area contributed by atoms with Gasteiger partial charge in [-0.1, -0.05) is 5.16 Å². The van der Waals surface area contributed by atoms with Crippen LogP contribution in [0.5, 0.6) is 0 Å². The van der Waals surface area contributed by atoms with Gasteiger partial charge in [-0.15, -0.1) is 0 Å². The van der Waals surface area contributed by atoms with E-state index < -0.39 is 6.10 Å². The summed E-state index contributed by atoms with van der Waals surface area (Å²) in [7, 11) is 0. The lowest BCUT2D eigenvalue weighted by atomic mass is 10.2. The number of carbonyl (C=O) groups excluding carboxylic acids is 1. The zero-order valence-corrected chi connectivity index (χ0v) is 10.5. The van der Waals surface area contributed by atoms with Crippen molar-refractivity contribution in [3.63, 3.8) is 0 Å². The first kappa shape index (κ1) is 13.2. The average Bonchev–Trinajstić information content (AvgIpc) is 2.46. The van der Waals surface area contributed by atoms with Crippen LogP contribution in [0.3, 0.4) is 0 Å². The van der Waals surface area contributed by atoms with Gasteiger partial charge in [0.2, 0.25) is 0 Å². The minimum Gasteiger partial charge on any atom is -0.409 e. The highest BCUT2D eigenvalue weighted by Crippen LogP contribution is 2.09. The Labute approximate surface area is 109 Å². The van der Waals surface area contributed by atoms with Gasteiger partial charge in [-0.2, -0.15) is 0 Å². The molecule has 8 heteroatoms. The van der Waals surface area contributed by atoms with E-state index in [2.05, 4.69) is 15.1 Å². The lowest BCUT2D eigenvalue weighted by Crippen LogP contribution is -2.50. The highest BCUT2D eigenvalue weighted by atomic mass is 16.5. The van der Waals surface area contributed by atoms with Crippen molar-refractivity contribution in [1.29, 1.82) is 0 Å². The van der Waals surface area contributed by atoms with E-state index in [1.807, 2.05) is 0 Å². The average molecular weight is 265 g/mol. The van der Waals surface area contributed by atoms with E-state index in [0.717, 1.165) is 5.69 Å². The number of hydrogen-bond donors (Lipinski definition) is 2. The zero-order valence-electron chi connectivity index (χ0n) is 10.5. The first-order chi connectivity index (χ1) is 9.11. The van der Waals surface area contributed by atoms with Crippen LogP contribution in [0.1, 0.15) is 16.2 Å². The predicted octanol–water partition coefficient (Wildman–Crippen LogP) is -0.628. The van der Waals surface area contributed by atoms with Gasteiger partial charge in [-0.05, 0) is 6.92 Å². The van der Waals surface area contributed by atoms with Crippen LogP contribution in [0.4, 0.5) is 0 Å². The standard InChI is InChI=1S/C11H15N5O3/c1-7-4-14-8(5-13-7)11(17)16-2-3-19-9(6-16)10(12)15-18/h4-5,9,18H,2-3,6H2,1H3,(H2,12,15). The molecule has 0 radical (unpaired) electrons. The fourth-order valence-corrected chi connectivity index (χ4v) is 1.74. The van der Waals surface area contributed by atoms with Gasteiger partial charge in [0.15, 0.2) is 5.84 Å². The third-order valence-electron chi connectivity index (χ3n) is 2.80.